The fourth-order valence-corrected chi connectivity index (χ4v) is 3.30. The zero-order chi connectivity index (χ0) is 18.7. The number of carbonyl (C=O) groups excluding carboxylic acids is 1. The summed E-state index contributed by atoms with van der Waals surface area (Å²) in [6, 6.07) is 5.63. The number of aliphatic hydroxyl groups is 1. The zero-order valence-electron chi connectivity index (χ0n) is 14.9. The number of rotatable bonds is 7. The average molecular weight is 375 g/mol. The van der Waals surface area contributed by atoms with E-state index in [2.05, 4.69) is 9.97 Å². The van der Waals surface area contributed by atoms with Gasteiger partial charge in [0.1, 0.15) is 12.0 Å². The maximum atomic E-state index is 12.4. The molecule has 0 fully saturated rings. The van der Waals surface area contributed by atoms with Gasteiger partial charge < -0.3 is 19.2 Å². The van der Waals surface area contributed by atoms with Gasteiger partial charge in [0.15, 0.2) is 12.3 Å². The van der Waals surface area contributed by atoms with E-state index < -0.39 is 0 Å². The first-order valence-electron chi connectivity index (χ1n) is 8.30. The molecule has 0 saturated heterocycles. The number of carbonyl (C=O) groups is 1. The van der Waals surface area contributed by atoms with Crippen molar-refractivity contribution in [3.8, 4) is 5.75 Å². The standard InChI is InChI=1S/C18H21N3O4S/c1-11(6-7-22)21(3)18(23)15-9-25-17(20-15)10-24-13-4-5-16-14(8-13)19-12(2)26-16/h4-5,8-9,11,22H,6-7,10H2,1-3H3/t11-/m0/s1. The first-order valence-corrected chi connectivity index (χ1v) is 9.12. The summed E-state index contributed by atoms with van der Waals surface area (Å²) >= 11 is 1.63. The van der Waals surface area contributed by atoms with Crippen LogP contribution in [0.15, 0.2) is 28.9 Å². The molecule has 1 aromatic carbocycles. The molecule has 0 aliphatic rings. The van der Waals surface area contributed by atoms with Crippen LogP contribution < -0.4 is 4.74 Å². The molecule has 1 amide bonds. The predicted molar refractivity (Wildman–Crippen MR) is 98.5 cm³/mol. The first kappa shape index (κ1) is 18.3. The van der Waals surface area contributed by atoms with Gasteiger partial charge in [0.25, 0.3) is 5.91 Å². The zero-order valence-corrected chi connectivity index (χ0v) is 15.7. The molecule has 0 aliphatic carbocycles. The third-order valence-corrected chi connectivity index (χ3v) is 5.08. The van der Waals surface area contributed by atoms with Crippen molar-refractivity contribution in [2.24, 2.45) is 0 Å². The number of benzene rings is 1. The second kappa shape index (κ2) is 7.84. The highest BCUT2D eigenvalue weighted by Gasteiger charge is 2.20. The molecule has 0 bridgehead atoms. The normalized spacial score (nSPS) is 12.3. The van der Waals surface area contributed by atoms with Crippen LogP contribution in [0.3, 0.4) is 0 Å². The SMILES string of the molecule is Cc1nc2cc(OCc3nc(C(=O)N(C)[C@@H](C)CCO)co3)ccc2s1. The number of hydrogen-bond donors (Lipinski definition) is 1. The van der Waals surface area contributed by atoms with Crippen molar-refractivity contribution in [1.82, 2.24) is 14.9 Å². The van der Waals surface area contributed by atoms with Crippen LogP contribution in [0.4, 0.5) is 0 Å². The van der Waals surface area contributed by atoms with E-state index in [1.165, 1.54) is 11.2 Å². The van der Waals surface area contributed by atoms with Crippen LogP contribution in [0.5, 0.6) is 5.75 Å². The van der Waals surface area contributed by atoms with Crippen LogP contribution in [0.2, 0.25) is 0 Å². The molecule has 0 aliphatic heterocycles. The summed E-state index contributed by atoms with van der Waals surface area (Å²) < 4.78 is 12.2. The van der Waals surface area contributed by atoms with Crippen LogP contribution in [0, 0.1) is 6.92 Å². The van der Waals surface area contributed by atoms with Crippen LogP contribution in [0.1, 0.15) is 34.7 Å². The lowest BCUT2D eigenvalue weighted by atomic mass is 10.2. The molecule has 1 N–H and O–H groups in total. The van der Waals surface area contributed by atoms with E-state index in [4.69, 9.17) is 14.3 Å². The summed E-state index contributed by atoms with van der Waals surface area (Å²) in [6.07, 6.45) is 1.84. The maximum absolute atomic E-state index is 12.4. The van der Waals surface area contributed by atoms with E-state index in [9.17, 15) is 4.79 Å². The summed E-state index contributed by atoms with van der Waals surface area (Å²) in [5.41, 5.74) is 1.12. The van der Waals surface area contributed by atoms with Crippen molar-refractivity contribution in [1.29, 1.82) is 0 Å². The van der Waals surface area contributed by atoms with Crippen molar-refractivity contribution in [3.63, 3.8) is 0 Å². The van der Waals surface area contributed by atoms with E-state index >= 15 is 0 Å². The van der Waals surface area contributed by atoms with Crippen molar-refractivity contribution in [2.45, 2.75) is 32.9 Å². The molecule has 0 unspecified atom stereocenters. The van der Waals surface area contributed by atoms with Crippen molar-refractivity contribution >= 4 is 27.5 Å². The van der Waals surface area contributed by atoms with Crippen LogP contribution in [-0.4, -0.2) is 45.6 Å². The summed E-state index contributed by atoms with van der Waals surface area (Å²) in [5, 5.41) is 10.0. The number of nitrogens with zero attached hydrogens (tertiary/aromatic N) is 3. The number of fused-ring (bicyclic) bond motifs is 1. The van der Waals surface area contributed by atoms with Gasteiger partial charge in [0.05, 0.1) is 15.2 Å². The number of aliphatic hydroxyl groups excluding tert-OH is 1. The molecule has 0 saturated carbocycles. The fourth-order valence-electron chi connectivity index (χ4n) is 2.49. The monoisotopic (exact) mass is 375 g/mol. The smallest absolute Gasteiger partial charge is 0.275 e. The van der Waals surface area contributed by atoms with Gasteiger partial charge >= 0.3 is 0 Å². The Morgan fingerprint density at radius 1 is 1.42 bits per heavy atom. The lowest BCUT2D eigenvalue weighted by Gasteiger charge is -2.23. The van der Waals surface area contributed by atoms with Crippen LogP contribution >= 0.6 is 11.3 Å². The van der Waals surface area contributed by atoms with Gasteiger partial charge in [0, 0.05) is 25.8 Å². The van der Waals surface area contributed by atoms with Crippen LogP contribution in [0.25, 0.3) is 10.2 Å². The van der Waals surface area contributed by atoms with E-state index in [-0.39, 0.29) is 30.9 Å². The summed E-state index contributed by atoms with van der Waals surface area (Å²) in [6.45, 7) is 3.99. The number of amides is 1. The molecular formula is C18H21N3O4S. The lowest BCUT2D eigenvalue weighted by molar-refractivity contribution is 0.0716. The van der Waals surface area contributed by atoms with E-state index in [0.717, 1.165) is 15.2 Å². The molecule has 2 heterocycles. The topological polar surface area (TPSA) is 88.7 Å². The molecule has 26 heavy (non-hydrogen) atoms. The largest absolute Gasteiger partial charge is 0.484 e. The van der Waals surface area contributed by atoms with Crippen molar-refractivity contribution in [3.05, 3.63) is 41.1 Å². The Morgan fingerprint density at radius 2 is 2.23 bits per heavy atom. The Hall–Kier alpha value is -2.45. The molecule has 0 spiro atoms. The van der Waals surface area contributed by atoms with Gasteiger partial charge in [-0.1, -0.05) is 0 Å². The minimum atomic E-state index is -0.250. The second-order valence-electron chi connectivity index (χ2n) is 6.05. The molecule has 0 radical (unpaired) electrons. The van der Waals surface area contributed by atoms with Gasteiger partial charge in [-0.05, 0) is 32.4 Å². The number of oxazole rings is 1. The summed E-state index contributed by atoms with van der Waals surface area (Å²) in [5.74, 6) is 0.744. The van der Waals surface area contributed by atoms with Gasteiger partial charge in [-0.2, -0.15) is 0 Å². The lowest BCUT2D eigenvalue weighted by Crippen LogP contribution is -2.35. The third kappa shape index (κ3) is 4.03. The molecule has 2 aromatic heterocycles. The Labute approximate surface area is 155 Å². The van der Waals surface area contributed by atoms with Gasteiger partial charge in [-0.15, -0.1) is 11.3 Å². The van der Waals surface area contributed by atoms with E-state index in [1.807, 2.05) is 32.0 Å². The molecular weight excluding hydrogens is 354 g/mol. The Balaban J connectivity index is 1.63. The minimum Gasteiger partial charge on any atom is -0.484 e. The Kier molecular flexibility index (Phi) is 5.53. The Bertz CT molecular complexity index is 905. The first-order chi connectivity index (χ1) is 12.5. The molecule has 1 atom stereocenters. The molecule has 138 valence electrons. The molecule has 3 rings (SSSR count). The molecule has 3 aromatic rings. The highest BCUT2D eigenvalue weighted by Crippen LogP contribution is 2.26. The quantitative estimate of drug-likeness (QED) is 0.683. The van der Waals surface area contributed by atoms with Crippen molar-refractivity contribution in [2.75, 3.05) is 13.7 Å². The predicted octanol–water partition coefficient (Wildman–Crippen LogP) is 3.01. The van der Waals surface area contributed by atoms with Gasteiger partial charge in [-0.25, -0.2) is 9.97 Å². The number of hydrogen-bond acceptors (Lipinski definition) is 7. The highest BCUT2D eigenvalue weighted by molar-refractivity contribution is 7.18. The summed E-state index contributed by atoms with van der Waals surface area (Å²) in [7, 11) is 1.68. The Morgan fingerprint density at radius 3 is 3.00 bits per heavy atom. The van der Waals surface area contributed by atoms with E-state index in [0.29, 0.717) is 18.1 Å². The minimum absolute atomic E-state index is 0.0273. The van der Waals surface area contributed by atoms with Crippen LogP contribution in [-0.2, 0) is 6.61 Å². The van der Waals surface area contributed by atoms with E-state index in [1.54, 1.807) is 18.4 Å². The summed E-state index contributed by atoms with van der Waals surface area (Å²) in [4.78, 5) is 22.5. The average Bonchev–Trinajstić information content (AvgIpc) is 3.23. The highest BCUT2D eigenvalue weighted by atomic mass is 32.1. The number of aryl methyl sites for hydroxylation is 1. The molecule has 7 nitrogen and oxygen atoms in total. The number of ether oxygens (including phenoxy) is 1. The van der Waals surface area contributed by atoms with Gasteiger partial charge in [-0.3, -0.25) is 4.79 Å². The number of aromatic nitrogens is 2. The van der Waals surface area contributed by atoms with Gasteiger partial charge in [0.2, 0.25) is 5.89 Å². The van der Waals surface area contributed by atoms with Crippen molar-refractivity contribution < 1.29 is 19.1 Å². The third-order valence-electron chi connectivity index (χ3n) is 4.13. The number of thiazole rings is 1. The fraction of sp³-hybridized carbons (Fsp3) is 0.389. The maximum Gasteiger partial charge on any atom is 0.275 e. The molecule has 8 heteroatoms. The second-order valence-corrected chi connectivity index (χ2v) is 7.29.